The number of aliphatic hydroxyl groups excluding tert-OH is 1. The first-order chi connectivity index (χ1) is 19.2. The van der Waals surface area contributed by atoms with Crippen molar-refractivity contribution in [2.24, 2.45) is 16.6 Å². The van der Waals surface area contributed by atoms with E-state index in [2.05, 4.69) is 42.6 Å². The second-order valence-corrected chi connectivity index (χ2v) is 10.6. The van der Waals surface area contributed by atoms with E-state index in [4.69, 9.17) is 10.7 Å². The van der Waals surface area contributed by atoms with E-state index in [1.165, 1.54) is 0 Å². The predicted octanol–water partition coefficient (Wildman–Crippen LogP) is 5.92. The number of hydrogen-bond donors (Lipinski definition) is 5. The molecule has 4 atom stereocenters. The number of pyridine rings is 1. The molecule has 2 aromatic rings. The number of aliphatic hydroxyl groups is 1. The third-order valence-electron chi connectivity index (χ3n) is 7.72. The Labute approximate surface area is 237 Å². The Kier molecular flexibility index (Phi) is 11.3. The molecule has 4 unspecified atom stereocenters. The van der Waals surface area contributed by atoms with Gasteiger partial charge in [-0.1, -0.05) is 70.9 Å². The summed E-state index contributed by atoms with van der Waals surface area (Å²) in [4.78, 5) is 24.6. The number of aliphatic imine (C=N–C) groups is 1. The van der Waals surface area contributed by atoms with Gasteiger partial charge in [0.05, 0.1) is 23.7 Å². The molecule has 0 amide bonds. The lowest BCUT2D eigenvalue weighted by atomic mass is 9.75. The molecule has 0 aliphatic heterocycles. The molecule has 0 radical (unpaired) electrons. The molecule has 3 rings (SSSR count). The average molecular weight is 548 g/mol. The third-order valence-corrected chi connectivity index (χ3v) is 7.72. The largest absolute Gasteiger partial charge is 0.479 e. The zero-order valence-corrected chi connectivity index (χ0v) is 24.3. The SMILES string of the molecule is C=Cc1cnc2c3c([nH]c2c1)C(C(C)CC)CC(O)/C3=C\CN=C(N)NC(/C=C(\C=C\C)CCCCC)C(=O)O. The number of aromatic amines is 1. The Bertz CT molecular complexity index is 1300. The van der Waals surface area contributed by atoms with Gasteiger partial charge in [0.1, 0.15) is 6.04 Å². The minimum absolute atomic E-state index is 0.0320. The number of nitrogens with one attached hydrogen (secondary N) is 2. The first kappa shape index (κ1) is 30.9. The van der Waals surface area contributed by atoms with Crippen molar-refractivity contribution in [1.82, 2.24) is 15.3 Å². The van der Waals surface area contributed by atoms with Gasteiger partial charge < -0.3 is 26.2 Å². The van der Waals surface area contributed by atoms with E-state index in [1.807, 2.05) is 31.2 Å². The Morgan fingerprint density at radius 1 is 1.38 bits per heavy atom. The van der Waals surface area contributed by atoms with Crippen molar-refractivity contribution in [2.75, 3.05) is 6.54 Å². The molecule has 1 aliphatic carbocycles. The Balaban J connectivity index is 1.88. The fourth-order valence-corrected chi connectivity index (χ4v) is 5.34. The summed E-state index contributed by atoms with van der Waals surface area (Å²) in [6, 6.07) is 1.03. The van der Waals surface area contributed by atoms with Gasteiger partial charge in [-0.2, -0.15) is 0 Å². The van der Waals surface area contributed by atoms with Crippen molar-refractivity contribution in [2.45, 2.75) is 84.3 Å². The predicted molar refractivity (Wildman–Crippen MR) is 165 cm³/mol. The highest BCUT2D eigenvalue weighted by Gasteiger charge is 2.35. The van der Waals surface area contributed by atoms with Crippen molar-refractivity contribution in [3.63, 3.8) is 0 Å². The Morgan fingerprint density at radius 2 is 2.15 bits per heavy atom. The molecular weight excluding hydrogens is 502 g/mol. The van der Waals surface area contributed by atoms with Crippen molar-refractivity contribution in [3.8, 4) is 0 Å². The number of nitrogens with zero attached hydrogens (tertiary/aromatic N) is 2. The lowest BCUT2D eigenvalue weighted by Gasteiger charge is -2.32. The van der Waals surface area contributed by atoms with E-state index in [1.54, 1.807) is 18.3 Å². The number of aromatic nitrogens is 2. The molecule has 1 aliphatic rings. The van der Waals surface area contributed by atoms with Gasteiger partial charge in [0, 0.05) is 23.4 Å². The second kappa shape index (κ2) is 14.7. The number of guanidine groups is 1. The highest BCUT2D eigenvalue weighted by molar-refractivity contribution is 5.94. The van der Waals surface area contributed by atoms with Crippen LogP contribution in [0.2, 0.25) is 0 Å². The first-order valence-electron chi connectivity index (χ1n) is 14.4. The smallest absolute Gasteiger partial charge is 0.330 e. The van der Waals surface area contributed by atoms with Gasteiger partial charge in [0.15, 0.2) is 5.96 Å². The molecule has 0 saturated heterocycles. The molecule has 2 aromatic heterocycles. The number of carboxylic acids is 1. The third kappa shape index (κ3) is 7.50. The molecule has 8 nitrogen and oxygen atoms in total. The van der Waals surface area contributed by atoms with Crippen LogP contribution >= 0.6 is 0 Å². The van der Waals surface area contributed by atoms with E-state index in [9.17, 15) is 15.0 Å². The highest BCUT2D eigenvalue weighted by atomic mass is 16.4. The van der Waals surface area contributed by atoms with Gasteiger partial charge >= 0.3 is 5.97 Å². The van der Waals surface area contributed by atoms with E-state index in [0.717, 1.165) is 71.1 Å². The summed E-state index contributed by atoms with van der Waals surface area (Å²) in [5.74, 6) is -0.434. The summed E-state index contributed by atoms with van der Waals surface area (Å²) >= 11 is 0. The quantitative estimate of drug-likeness (QED) is 0.0913. The van der Waals surface area contributed by atoms with Crippen LogP contribution in [0, 0.1) is 5.92 Å². The Hall–Kier alpha value is -3.65. The molecule has 0 fully saturated rings. The standard InChI is InChI=1S/C32H45N5O3/c1-6-10-11-13-22(12-7-2)17-26(31(39)40)37-32(33)34-15-14-23-27(38)18-24(20(5)8-3)29-28(23)30-25(36-29)16-21(9-4)19-35-30/h7,9,12,14,16-17,19-20,24,26-27,36,38H,4,6,8,10-11,13,15,18H2,1-3,5H3,(H,39,40)(H3,33,34,37)/b12-7+,22-17+,23-14+. The fraction of sp³-hybridized carbons (Fsp3) is 0.469. The summed E-state index contributed by atoms with van der Waals surface area (Å²) < 4.78 is 0. The number of allylic oxidation sites excluding steroid dienone is 3. The van der Waals surface area contributed by atoms with Crippen molar-refractivity contribution < 1.29 is 15.0 Å². The number of nitrogens with two attached hydrogens (primary N) is 1. The van der Waals surface area contributed by atoms with Gasteiger partial charge in [-0.15, -0.1) is 0 Å². The maximum atomic E-state index is 12.0. The second-order valence-electron chi connectivity index (χ2n) is 10.6. The molecule has 40 heavy (non-hydrogen) atoms. The zero-order chi connectivity index (χ0) is 29.2. The van der Waals surface area contributed by atoms with Crippen LogP contribution in [0.25, 0.3) is 22.7 Å². The van der Waals surface area contributed by atoms with Crippen LogP contribution in [-0.4, -0.2) is 50.8 Å². The van der Waals surface area contributed by atoms with Crippen LogP contribution in [0.1, 0.15) is 89.0 Å². The molecule has 216 valence electrons. The van der Waals surface area contributed by atoms with Gasteiger partial charge in [0.2, 0.25) is 0 Å². The van der Waals surface area contributed by atoms with E-state index >= 15 is 0 Å². The molecule has 0 saturated carbocycles. The minimum atomic E-state index is -1.03. The number of carbonyl (C=O) groups is 1. The summed E-state index contributed by atoms with van der Waals surface area (Å²) in [6.07, 6.45) is 15.9. The van der Waals surface area contributed by atoms with E-state index in [0.29, 0.717) is 12.3 Å². The lowest BCUT2D eigenvalue weighted by molar-refractivity contribution is -0.137. The summed E-state index contributed by atoms with van der Waals surface area (Å²) in [5.41, 5.74) is 12.5. The average Bonchev–Trinajstić information content (AvgIpc) is 3.31. The van der Waals surface area contributed by atoms with Crippen LogP contribution < -0.4 is 11.1 Å². The van der Waals surface area contributed by atoms with Crippen LogP contribution in [0.3, 0.4) is 0 Å². The fourth-order valence-electron chi connectivity index (χ4n) is 5.34. The number of unbranched alkanes of at least 4 members (excludes halogenated alkanes) is 2. The van der Waals surface area contributed by atoms with Crippen LogP contribution in [0.4, 0.5) is 0 Å². The summed E-state index contributed by atoms with van der Waals surface area (Å²) in [5, 5.41) is 23.8. The highest BCUT2D eigenvalue weighted by Crippen LogP contribution is 2.45. The zero-order valence-electron chi connectivity index (χ0n) is 24.3. The molecule has 0 spiro atoms. The first-order valence-corrected chi connectivity index (χ1v) is 14.4. The number of carboxylic acid groups (broad SMARTS) is 1. The van der Waals surface area contributed by atoms with Gasteiger partial charge in [-0.05, 0) is 61.0 Å². The number of rotatable bonds is 13. The number of hydrogen-bond acceptors (Lipinski definition) is 4. The molecule has 0 bridgehead atoms. The maximum absolute atomic E-state index is 12.0. The lowest BCUT2D eigenvalue weighted by Crippen LogP contribution is -2.43. The van der Waals surface area contributed by atoms with Gasteiger partial charge in [0.25, 0.3) is 0 Å². The maximum Gasteiger partial charge on any atom is 0.330 e. The van der Waals surface area contributed by atoms with E-state index < -0.39 is 18.1 Å². The molecule has 0 aromatic carbocycles. The molecular formula is C32H45N5O3. The molecule has 8 heteroatoms. The monoisotopic (exact) mass is 547 g/mol. The van der Waals surface area contributed by atoms with Crippen molar-refractivity contribution in [3.05, 3.63) is 65.5 Å². The normalized spacial score (nSPS) is 20.6. The number of H-pyrrole nitrogens is 1. The summed E-state index contributed by atoms with van der Waals surface area (Å²) in [7, 11) is 0. The Morgan fingerprint density at radius 3 is 2.80 bits per heavy atom. The van der Waals surface area contributed by atoms with E-state index in [-0.39, 0.29) is 18.4 Å². The molecule has 2 heterocycles. The molecule has 6 N–H and O–H groups in total. The van der Waals surface area contributed by atoms with Gasteiger partial charge in [-0.3, -0.25) is 4.98 Å². The van der Waals surface area contributed by atoms with Crippen LogP contribution in [0.5, 0.6) is 0 Å². The minimum Gasteiger partial charge on any atom is -0.479 e. The number of aliphatic carboxylic acids is 1. The van der Waals surface area contributed by atoms with Crippen molar-refractivity contribution >= 4 is 34.6 Å². The van der Waals surface area contributed by atoms with Crippen molar-refractivity contribution in [1.29, 1.82) is 0 Å². The summed E-state index contributed by atoms with van der Waals surface area (Å²) in [6.45, 7) is 12.5. The topological polar surface area (TPSA) is 137 Å². The van der Waals surface area contributed by atoms with Gasteiger partial charge in [-0.25, -0.2) is 9.79 Å². The number of fused-ring (bicyclic) bond motifs is 3. The van der Waals surface area contributed by atoms with Crippen LogP contribution in [0.15, 0.2) is 53.7 Å². The van der Waals surface area contributed by atoms with Crippen LogP contribution in [-0.2, 0) is 4.79 Å².